The lowest BCUT2D eigenvalue weighted by Crippen LogP contribution is -2.58. The zero-order valence-electron chi connectivity index (χ0n) is 31.6. The van der Waals surface area contributed by atoms with E-state index in [9.17, 15) is 33.9 Å². The number of amides is 5. The van der Waals surface area contributed by atoms with Gasteiger partial charge in [-0.25, -0.2) is 0 Å². The van der Waals surface area contributed by atoms with Crippen LogP contribution in [0.25, 0.3) is 10.9 Å². The summed E-state index contributed by atoms with van der Waals surface area (Å²) in [5.41, 5.74) is 8.60. The lowest BCUT2D eigenvalue weighted by atomic mass is 9.92. The van der Waals surface area contributed by atoms with Gasteiger partial charge >= 0.3 is 5.97 Å². The Hall–Kier alpha value is -4.50. The predicted octanol–water partition coefficient (Wildman–Crippen LogP) is 1.37. The summed E-state index contributed by atoms with van der Waals surface area (Å²) in [7, 11) is 0. The standard InChI is InChI=1S/C37H58N8O7/c1-18(2)13-25(38)33(47)44-27(14-19(3)4)34(48)40-21(7)32(46)39-17-30-31-24(23-11-9-10-12-26(23)43-31)16-29(42-30)36(50)45-28(15-20(5)6)35(49)41-22(8)37(51)52/h9-12,18-22,25,27-30,42-43H,13-17,38H2,1-8H3,(H,39,46)(H,40,48)(H,41,49)(H,44,47)(H,45,50)(H,51,52)/t21-,22-,25-,27-,28-,29?,30?/m0/s1. The zero-order chi connectivity index (χ0) is 38.9. The third kappa shape index (κ3) is 11.8. The Morgan fingerprint density at radius 2 is 1.31 bits per heavy atom. The molecule has 2 heterocycles. The second-order valence-corrected chi connectivity index (χ2v) is 15.2. The van der Waals surface area contributed by atoms with Crippen molar-refractivity contribution in [3.63, 3.8) is 0 Å². The van der Waals surface area contributed by atoms with Crippen molar-refractivity contribution in [2.45, 2.75) is 123 Å². The Kier molecular flexibility index (Phi) is 15.2. The number of hydrogen-bond donors (Lipinski definition) is 9. The van der Waals surface area contributed by atoms with E-state index in [1.165, 1.54) is 6.92 Å². The van der Waals surface area contributed by atoms with Crippen LogP contribution in [-0.2, 0) is 35.2 Å². The fraction of sp³-hybridized carbons (Fsp3) is 0.622. The molecular formula is C37H58N8O7. The summed E-state index contributed by atoms with van der Waals surface area (Å²) in [5, 5.41) is 27.1. The van der Waals surface area contributed by atoms with Gasteiger partial charge < -0.3 is 42.4 Å². The predicted molar refractivity (Wildman–Crippen MR) is 198 cm³/mol. The molecule has 1 aromatic carbocycles. The molecule has 0 saturated heterocycles. The summed E-state index contributed by atoms with van der Waals surface area (Å²) in [6.45, 7) is 14.5. The highest BCUT2D eigenvalue weighted by Gasteiger charge is 2.36. The molecule has 7 atom stereocenters. The summed E-state index contributed by atoms with van der Waals surface area (Å²) < 4.78 is 0. The normalized spacial score (nSPS) is 18.5. The molecule has 0 radical (unpaired) electrons. The molecule has 0 spiro atoms. The van der Waals surface area contributed by atoms with E-state index in [2.05, 4.69) is 36.9 Å². The van der Waals surface area contributed by atoms with Gasteiger partial charge in [0.1, 0.15) is 24.2 Å². The maximum absolute atomic E-state index is 13.8. The lowest BCUT2D eigenvalue weighted by molar-refractivity contribution is -0.141. The number of aromatic nitrogens is 1. The second kappa shape index (κ2) is 18.8. The number of para-hydroxylation sites is 1. The van der Waals surface area contributed by atoms with Crippen LogP contribution < -0.4 is 37.6 Å². The van der Waals surface area contributed by atoms with E-state index in [1.54, 1.807) is 6.92 Å². The molecule has 1 aromatic heterocycles. The van der Waals surface area contributed by atoms with Crippen LogP contribution in [0.2, 0.25) is 0 Å². The average molecular weight is 727 g/mol. The maximum atomic E-state index is 13.8. The highest BCUT2D eigenvalue weighted by Crippen LogP contribution is 2.32. The van der Waals surface area contributed by atoms with E-state index in [0.29, 0.717) is 25.7 Å². The number of carboxylic acids is 1. The minimum atomic E-state index is -1.19. The number of aromatic amines is 1. The molecule has 10 N–H and O–H groups in total. The van der Waals surface area contributed by atoms with Crippen LogP contribution in [0.4, 0.5) is 0 Å². The van der Waals surface area contributed by atoms with Crippen LogP contribution in [-0.4, -0.2) is 88.4 Å². The van der Waals surface area contributed by atoms with Crippen LogP contribution in [0.3, 0.4) is 0 Å². The molecule has 15 heteroatoms. The molecule has 1 aliphatic rings. The van der Waals surface area contributed by atoms with Crippen LogP contribution >= 0.6 is 0 Å². The van der Waals surface area contributed by atoms with Crippen molar-refractivity contribution in [2.24, 2.45) is 23.5 Å². The van der Waals surface area contributed by atoms with Crippen LogP contribution in [0.5, 0.6) is 0 Å². The van der Waals surface area contributed by atoms with E-state index in [4.69, 9.17) is 5.73 Å². The van der Waals surface area contributed by atoms with E-state index >= 15 is 0 Å². The Morgan fingerprint density at radius 1 is 0.750 bits per heavy atom. The van der Waals surface area contributed by atoms with Gasteiger partial charge in [0.15, 0.2) is 0 Å². The fourth-order valence-corrected chi connectivity index (χ4v) is 6.34. The third-order valence-electron chi connectivity index (χ3n) is 9.03. The largest absolute Gasteiger partial charge is 0.480 e. The van der Waals surface area contributed by atoms with E-state index in [1.807, 2.05) is 65.8 Å². The molecule has 0 fully saturated rings. The zero-order valence-corrected chi connectivity index (χ0v) is 31.6. The number of nitrogens with one attached hydrogen (secondary N) is 7. The lowest BCUT2D eigenvalue weighted by Gasteiger charge is -2.32. The number of nitrogens with two attached hydrogens (primary N) is 1. The quantitative estimate of drug-likeness (QED) is 0.108. The summed E-state index contributed by atoms with van der Waals surface area (Å²) in [6.07, 6.45) is 1.42. The number of fused-ring (bicyclic) bond motifs is 3. The van der Waals surface area contributed by atoms with Gasteiger partial charge in [-0.05, 0) is 68.9 Å². The van der Waals surface area contributed by atoms with Crippen LogP contribution in [0, 0.1) is 17.8 Å². The molecular weight excluding hydrogens is 668 g/mol. The molecule has 0 saturated carbocycles. The van der Waals surface area contributed by atoms with Crippen molar-refractivity contribution >= 4 is 46.4 Å². The first-order valence-corrected chi connectivity index (χ1v) is 18.2. The van der Waals surface area contributed by atoms with Gasteiger partial charge in [0.2, 0.25) is 29.5 Å². The SMILES string of the molecule is CC(C)C[C@H](NC(=O)C1Cc2c([nH]c3ccccc23)C(CNC(=O)[C@H](C)NC(=O)[C@H](CC(C)C)NC(=O)[C@@H](N)CC(C)C)N1)C(=O)N[C@@H](C)C(=O)O. The molecule has 0 aliphatic carbocycles. The van der Waals surface area contributed by atoms with Crippen molar-refractivity contribution in [3.8, 4) is 0 Å². The van der Waals surface area contributed by atoms with Gasteiger partial charge in [-0.1, -0.05) is 59.7 Å². The minimum absolute atomic E-state index is 0.0283. The smallest absolute Gasteiger partial charge is 0.325 e. The first kappa shape index (κ1) is 41.9. The second-order valence-electron chi connectivity index (χ2n) is 15.2. The summed E-state index contributed by atoms with van der Waals surface area (Å²) in [4.78, 5) is 80.9. The van der Waals surface area contributed by atoms with Gasteiger partial charge in [0.05, 0.1) is 18.1 Å². The Balaban J connectivity index is 1.74. The van der Waals surface area contributed by atoms with Crippen molar-refractivity contribution < 1.29 is 33.9 Å². The number of hydrogen-bond acceptors (Lipinski definition) is 8. The number of carbonyl (C=O) groups excluding carboxylic acids is 5. The molecule has 1 aliphatic heterocycles. The fourth-order valence-electron chi connectivity index (χ4n) is 6.34. The number of carbonyl (C=O) groups is 6. The van der Waals surface area contributed by atoms with Crippen LogP contribution in [0.15, 0.2) is 24.3 Å². The van der Waals surface area contributed by atoms with Gasteiger partial charge in [-0.15, -0.1) is 0 Å². The summed E-state index contributed by atoms with van der Waals surface area (Å²) in [6, 6.07) is 1.66. The number of aliphatic carboxylic acids is 1. The highest BCUT2D eigenvalue weighted by molar-refractivity contribution is 5.94. The molecule has 52 heavy (non-hydrogen) atoms. The number of benzene rings is 1. The maximum Gasteiger partial charge on any atom is 0.325 e. The van der Waals surface area contributed by atoms with Crippen molar-refractivity contribution in [3.05, 3.63) is 35.5 Å². The van der Waals surface area contributed by atoms with E-state index < -0.39 is 77.8 Å². The highest BCUT2D eigenvalue weighted by atomic mass is 16.4. The summed E-state index contributed by atoms with van der Waals surface area (Å²) in [5.74, 6) is -3.29. The molecule has 3 rings (SSSR count). The van der Waals surface area contributed by atoms with Gasteiger partial charge in [0, 0.05) is 23.1 Å². The number of H-pyrrole nitrogens is 1. The average Bonchev–Trinajstić information content (AvgIpc) is 3.44. The van der Waals surface area contributed by atoms with Crippen molar-refractivity contribution in [2.75, 3.05) is 6.54 Å². The molecule has 288 valence electrons. The van der Waals surface area contributed by atoms with Gasteiger partial charge in [-0.2, -0.15) is 0 Å². The topological polar surface area (TPSA) is 237 Å². The molecule has 0 bridgehead atoms. The number of carboxylic acid groups (broad SMARTS) is 1. The van der Waals surface area contributed by atoms with E-state index in [0.717, 1.165) is 22.2 Å². The van der Waals surface area contributed by atoms with Gasteiger partial charge in [0.25, 0.3) is 0 Å². The van der Waals surface area contributed by atoms with Crippen LogP contribution in [0.1, 0.15) is 92.0 Å². The van der Waals surface area contributed by atoms with Crippen molar-refractivity contribution in [1.29, 1.82) is 0 Å². The molecule has 5 amide bonds. The monoisotopic (exact) mass is 726 g/mol. The summed E-state index contributed by atoms with van der Waals surface area (Å²) >= 11 is 0. The minimum Gasteiger partial charge on any atom is -0.480 e. The first-order chi connectivity index (χ1) is 24.4. The Labute approximate surface area is 305 Å². The molecule has 2 unspecified atom stereocenters. The Bertz CT molecular complexity index is 1590. The van der Waals surface area contributed by atoms with Crippen molar-refractivity contribution in [1.82, 2.24) is 36.9 Å². The third-order valence-corrected chi connectivity index (χ3v) is 9.03. The molecule has 2 aromatic rings. The Morgan fingerprint density at radius 3 is 1.88 bits per heavy atom. The van der Waals surface area contributed by atoms with E-state index in [-0.39, 0.29) is 24.3 Å². The van der Waals surface area contributed by atoms with Gasteiger partial charge in [-0.3, -0.25) is 34.1 Å². The first-order valence-electron chi connectivity index (χ1n) is 18.2. The number of rotatable bonds is 18. The molecule has 15 nitrogen and oxygen atoms in total.